The van der Waals surface area contributed by atoms with E-state index in [1.807, 2.05) is 61.5 Å². The Balaban J connectivity index is 1.38. The minimum Gasteiger partial charge on any atom is -0.484 e. The largest absolute Gasteiger partial charge is 0.484 e. The Morgan fingerprint density at radius 2 is 1.80 bits per heavy atom. The predicted molar refractivity (Wildman–Crippen MR) is 139 cm³/mol. The van der Waals surface area contributed by atoms with Gasteiger partial charge in [0.1, 0.15) is 11.3 Å². The smallest absolute Gasteiger partial charge is 0.338 e. The average Bonchev–Trinajstić information content (AvgIpc) is 2.86. The highest BCUT2D eigenvalue weighted by atomic mass is 35.5. The molecule has 180 valence electrons. The summed E-state index contributed by atoms with van der Waals surface area (Å²) in [6.07, 6.45) is 0.688. The van der Waals surface area contributed by atoms with Crippen molar-refractivity contribution in [2.24, 2.45) is 0 Å². The number of fused-ring (bicyclic) bond motifs is 1. The minimum absolute atomic E-state index is 0.0638. The van der Waals surface area contributed by atoms with Gasteiger partial charge in [-0.3, -0.25) is 4.79 Å². The van der Waals surface area contributed by atoms with E-state index in [2.05, 4.69) is 5.32 Å². The highest BCUT2D eigenvalue weighted by Gasteiger charge is 2.15. The summed E-state index contributed by atoms with van der Waals surface area (Å²) in [5, 5.41) is 4.82. The fourth-order valence-corrected chi connectivity index (χ4v) is 3.91. The summed E-state index contributed by atoms with van der Waals surface area (Å²) in [7, 11) is 0. The molecule has 0 saturated heterocycles. The van der Waals surface area contributed by atoms with Crippen molar-refractivity contribution in [1.82, 2.24) is 4.90 Å². The molecule has 0 aliphatic carbocycles. The number of carbonyl (C=O) groups excluding carboxylic acids is 1. The monoisotopic (exact) mass is 490 g/mol. The number of benzene rings is 3. The molecule has 1 heterocycles. The maximum Gasteiger partial charge on any atom is 0.338 e. The van der Waals surface area contributed by atoms with E-state index in [9.17, 15) is 9.59 Å². The van der Waals surface area contributed by atoms with Crippen LogP contribution < -0.4 is 15.7 Å². The van der Waals surface area contributed by atoms with Gasteiger partial charge in [-0.15, -0.1) is 0 Å². The van der Waals surface area contributed by atoms with Crippen LogP contribution in [-0.4, -0.2) is 30.5 Å². The summed E-state index contributed by atoms with van der Waals surface area (Å²) >= 11 is 6.08. The zero-order valence-corrected chi connectivity index (χ0v) is 20.3. The van der Waals surface area contributed by atoms with Gasteiger partial charge in [-0.25, -0.2) is 4.79 Å². The number of para-hydroxylation sites is 1. The normalized spacial score (nSPS) is 10.8. The van der Waals surface area contributed by atoms with Gasteiger partial charge < -0.3 is 19.4 Å². The summed E-state index contributed by atoms with van der Waals surface area (Å²) in [6, 6.07) is 24.1. The molecular weight excluding hydrogens is 464 g/mol. The van der Waals surface area contributed by atoms with Crippen molar-refractivity contribution in [2.75, 3.05) is 25.0 Å². The number of carbonyl (C=O) groups is 1. The lowest BCUT2D eigenvalue weighted by Crippen LogP contribution is -2.36. The van der Waals surface area contributed by atoms with Crippen LogP contribution in [0, 0.1) is 6.92 Å². The van der Waals surface area contributed by atoms with E-state index in [0.29, 0.717) is 42.4 Å². The fourth-order valence-electron chi connectivity index (χ4n) is 3.79. The average molecular weight is 491 g/mol. The van der Waals surface area contributed by atoms with Crippen molar-refractivity contribution in [1.29, 1.82) is 0 Å². The first-order chi connectivity index (χ1) is 17.0. The molecule has 0 aliphatic rings. The van der Waals surface area contributed by atoms with Crippen LogP contribution in [0.15, 0.2) is 88.1 Å². The number of hydrogen-bond donors (Lipinski definition) is 1. The van der Waals surface area contributed by atoms with Crippen molar-refractivity contribution < 1.29 is 13.9 Å². The number of aryl methyl sites for hydroxylation is 1. The lowest BCUT2D eigenvalue weighted by atomic mass is 10.2. The number of halogens is 1. The molecular formula is C28H27ClN2O4. The topological polar surface area (TPSA) is 71.8 Å². The van der Waals surface area contributed by atoms with Gasteiger partial charge in [0.25, 0.3) is 5.91 Å². The zero-order chi connectivity index (χ0) is 24.6. The molecule has 35 heavy (non-hydrogen) atoms. The second-order valence-corrected chi connectivity index (χ2v) is 8.66. The molecule has 1 amide bonds. The third kappa shape index (κ3) is 6.64. The molecule has 1 N–H and O–H groups in total. The van der Waals surface area contributed by atoms with Gasteiger partial charge in [0.05, 0.1) is 5.69 Å². The van der Waals surface area contributed by atoms with Crippen LogP contribution in [0.1, 0.15) is 17.5 Å². The van der Waals surface area contributed by atoms with Crippen LogP contribution in [-0.2, 0) is 11.3 Å². The molecule has 4 aromatic rings. The summed E-state index contributed by atoms with van der Waals surface area (Å²) in [5.41, 5.74) is 2.80. The van der Waals surface area contributed by atoms with Gasteiger partial charge in [0.15, 0.2) is 6.61 Å². The number of rotatable bonds is 10. The third-order valence-corrected chi connectivity index (χ3v) is 6.05. The van der Waals surface area contributed by atoms with E-state index < -0.39 is 5.63 Å². The minimum atomic E-state index is -0.401. The van der Waals surface area contributed by atoms with E-state index in [0.717, 1.165) is 22.2 Å². The first-order valence-corrected chi connectivity index (χ1v) is 11.8. The summed E-state index contributed by atoms with van der Waals surface area (Å²) in [6.45, 7) is 3.43. The van der Waals surface area contributed by atoms with Gasteiger partial charge in [-0.05, 0) is 54.8 Å². The number of anilines is 1. The first-order valence-electron chi connectivity index (χ1n) is 11.5. The highest BCUT2D eigenvalue weighted by Crippen LogP contribution is 2.22. The van der Waals surface area contributed by atoms with Gasteiger partial charge in [-0.1, -0.05) is 54.1 Å². The lowest BCUT2D eigenvalue weighted by molar-refractivity contribution is -0.134. The van der Waals surface area contributed by atoms with Crippen LogP contribution in [0.5, 0.6) is 5.75 Å². The molecule has 0 unspecified atom stereocenters. The van der Waals surface area contributed by atoms with Crippen LogP contribution in [0.25, 0.3) is 11.0 Å². The van der Waals surface area contributed by atoms with Gasteiger partial charge in [0, 0.05) is 36.1 Å². The van der Waals surface area contributed by atoms with Crippen molar-refractivity contribution in [3.05, 3.63) is 105 Å². The van der Waals surface area contributed by atoms with Crippen LogP contribution in [0.3, 0.4) is 0 Å². The molecule has 7 heteroatoms. The number of nitrogens with one attached hydrogen (secondary N) is 1. The summed E-state index contributed by atoms with van der Waals surface area (Å²) in [4.78, 5) is 26.7. The number of hydrogen-bond acceptors (Lipinski definition) is 5. The molecule has 0 spiro atoms. The fraction of sp³-hybridized carbons (Fsp3) is 0.214. The van der Waals surface area contributed by atoms with Crippen molar-refractivity contribution in [3.63, 3.8) is 0 Å². The van der Waals surface area contributed by atoms with E-state index in [1.165, 1.54) is 6.07 Å². The Labute approximate surface area is 209 Å². The summed E-state index contributed by atoms with van der Waals surface area (Å²) < 4.78 is 11.0. The maximum atomic E-state index is 13.1. The molecule has 0 saturated carbocycles. The molecule has 0 radical (unpaired) electrons. The Kier molecular flexibility index (Phi) is 8.06. The number of amides is 1. The Morgan fingerprint density at radius 3 is 2.60 bits per heavy atom. The predicted octanol–water partition coefficient (Wildman–Crippen LogP) is 5.66. The summed E-state index contributed by atoms with van der Waals surface area (Å²) in [5.74, 6) is 0.503. The van der Waals surface area contributed by atoms with Crippen molar-refractivity contribution >= 4 is 34.2 Å². The van der Waals surface area contributed by atoms with E-state index in [4.69, 9.17) is 20.8 Å². The molecule has 4 rings (SSSR count). The van der Waals surface area contributed by atoms with Crippen LogP contribution in [0.2, 0.25) is 5.02 Å². The van der Waals surface area contributed by atoms with Crippen LogP contribution >= 0.6 is 11.6 Å². The van der Waals surface area contributed by atoms with E-state index in [1.54, 1.807) is 23.1 Å². The first kappa shape index (κ1) is 24.4. The second kappa shape index (κ2) is 11.6. The Hall–Kier alpha value is -3.77. The van der Waals surface area contributed by atoms with Gasteiger partial charge in [0.2, 0.25) is 0 Å². The standard InChI is InChI=1S/C28H27ClN2O4/c1-20-16-22(12-13-24(20)29)34-19-27(32)31(18-21-8-3-2-4-9-21)15-7-14-30-25-17-28(33)35-26-11-6-5-10-23(25)26/h2-6,8-13,16-17,30H,7,14-15,18-19H2,1H3. The van der Waals surface area contributed by atoms with E-state index in [-0.39, 0.29) is 12.5 Å². The molecule has 1 aromatic heterocycles. The molecule has 0 atom stereocenters. The molecule has 3 aromatic carbocycles. The van der Waals surface area contributed by atoms with Gasteiger partial charge in [-0.2, -0.15) is 0 Å². The molecule has 0 fully saturated rings. The number of ether oxygens (including phenoxy) is 1. The van der Waals surface area contributed by atoms with Crippen molar-refractivity contribution in [3.8, 4) is 5.75 Å². The molecule has 6 nitrogen and oxygen atoms in total. The SMILES string of the molecule is Cc1cc(OCC(=O)N(CCCNc2cc(=O)oc3ccccc23)Cc2ccccc2)ccc1Cl. The molecule has 0 bridgehead atoms. The zero-order valence-electron chi connectivity index (χ0n) is 19.5. The molecule has 0 aliphatic heterocycles. The van der Waals surface area contributed by atoms with Crippen LogP contribution in [0.4, 0.5) is 5.69 Å². The highest BCUT2D eigenvalue weighted by molar-refractivity contribution is 6.31. The maximum absolute atomic E-state index is 13.1. The Morgan fingerprint density at radius 1 is 1.03 bits per heavy atom. The Bertz CT molecular complexity index is 1350. The van der Waals surface area contributed by atoms with E-state index >= 15 is 0 Å². The third-order valence-electron chi connectivity index (χ3n) is 5.63. The van der Waals surface area contributed by atoms with Gasteiger partial charge >= 0.3 is 5.63 Å². The number of nitrogens with zero attached hydrogens (tertiary/aromatic N) is 1. The quantitative estimate of drug-likeness (QED) is 0.229. The van der Waals surface area contributed by atoms with Crippen molar-refractivity contribution in [2.45, 2.75) is 19.9 Å². The lowest BCUT2D eigenvalue weighted by Gasteiger charge is -2.23. The second-order valence-electron chi connectivity index (χ2n) is 8.26.